The number of nitrogens with two attached hydrogens (primary N) is 6. The minimum absolute atomic E-state index is 0.0540. The number of carbonyl (C=O) groups is 8. The van der Waals surface area contributed by atoms with E-state index < -0.39 is 102 Å². The Morgan fingerprint density at radius 3 is 1.63 bits per heavy atom. The monoisotopic (exact) mass is 1140 g/mol. The van der Waals surface area contributed by atoms with Gasteiger partial charge in [0.25, 0.3) is 0 Å². The zero-order chi connectivity index (χ0) is 60.0. The van der Waals surface area contributed by atoms with E-state index in [4.69, 9.17) is 34.4 Å². The number of aromatic nitrogens is 2. The van der Waals surface area contributed by atoms with Crippen LogP contribution in [0.5, 0.6) is 0 Å². The van der Waals surface area contributed by atoms with Crippen LogP contribution in [0, 0.1) is 11.8 Å². The van der Waals surface area contributed by atoms with Crippen LogP contribution in [0.1, 0.15) is 103 Å². The number of fused-ring (bicyclic) bond motifs is 2. The summed E-state index contributed by atoms with van der Waals surface area (Å²) in [6.07, 6.45) is 5.90. The first-order chi connectivity index (χ1) is 39.1. The fraction of sp³-hybridized carbons (Fsp3) is 0.536. The molecule has 0 aliphatic carbocycles. The molecule has 26 heteroatoms. The summed E-state index contributed by atoms with van der Waals surface area (Å²) in [5, 5.41) is 28.2. The van der Waals surface area contributed by atoms with Crippen molar-refractivity contribution in [3.8, 4) is 0 Å². The van der Waals surface area contributed by atoms with E-state index in [0.29, 0.717) is 43.4 Å². The first kappa shape index (κ1) is 64.6. The molecular weight excluding hydrogens is 1050 g/mol. The highest BCUT2D eigenvalue weighted by Crippen LogP contribution is 2.25. The summed E-state index contributed by atoms with van der Waals surface area (Å²) < 4.78 is 0. The van der Waals surface area contributed by atoms with Crippen molar-refractivity contribution >= 4 is 81.0 Å². The lowest BCUT2D eigenvalue weighted by atomic mass is 9.99. The number of aliphatic carboxylic acids is 1. The van der Waals surface area contributed by atoms with Gasteiger partial charge in [0, 0.05) is 66.7 Å². The lowest BCUT2D eigenvalue weighted by Gasteiger charge is -2.31. The summed E-state index contributed by atoms with van der Waals surface area (Å²) in [6, 6.07) is 5.07. The number of carboxylic acid groups (broad SMARTS) is 1. The third kappa shape index (κ3) is 19.2. The van der Waals surface area contributed by atoms with Gasteiger partial charge in [0.1, 0.15) is 42.3 Å². The number of aromatic amines is 2. The first-order valence-corrected chi connectivity index (χ1v) is 28.1. The largest absolute Gasteiger partial charge is 0.480 e. The number of likely N-dealkylation sites (tertiary alicyclic amines) is 1. The molecule has 21 N–H and O–H groups in total. The van der Waals surface area contributed by atoms with Crippen LogP contribution in [-0.2, 0) is 51.2 Å². The quantitative estimate of drug-likeness (QED) is 0.0165. The minimum atomic E-state index is -1.41. The SMILES string of the molecule is CC(C)C[C@H](N)C(=O)N[C@@H](CCCN=C(N)N)C(=O)N[C@H](C(=O)N[C@@H](CCCN=C(N)N)C(=O)N[C@@H](Cc1c[nH]c2ccccc12)C(=O)N[C@@H](Cc1c[nH]c2ccccc12)C(=O)N1CCC[C@H]1C(=O)N[C@@H](CCCCN)C(=O)O)C(C)C. The summed E-state index contributed by atoms with van der Waals surface area (Å²) in [6.45, 7) is 7.88. The number of rotatable bonds is 33. The van der Waals surface area contributed by atoms with Gasteiger partial charge in [0.15, 0.2) is 11.9 Å². The van der Waals surface area contributed by atoms with Crippen LogP contribution < -0.4 is 66.3 Å². The molecular formula is C56H85N17O9. The maximum absolute atomic E-state index is 15.2. The highest BCUT2D eigenvalue weighted by Gasteiger charge is 2.41. The van der Waals surface area contributed by atoms with Gasteiger partial charge in [-0.15, -0.1) is 0 Å². The van der Waals surface area contributed by atoms with Crippen LogP contribution in [0.4, 0.5) is 0 Å². The van der Waals surface area contributed by atoms with Crippen LogP contribution in [0.2, 0.25) is 0 Å². The Morgan fingerprint density at radius 2 is 1.11 bits per heavy atom. The third-order valence-corrected chi connectivity index (χ3v) is 14.3. The Kier molecular flexibility index (Phi) is 24.9. The van der Waals surface area contributed by atoms with Gasteiger partial charge in [-0.25, -0.2) is 4.79 Å². The number of carbonyl (C=O) groups excluding carboxylic acids is 7. The van der Waals surface area contributed by atoms with Crippen molar-refractivity contribution in [1.82, 2.24) is 46.8 Å². The smallest absolute Gasteiger partial charge is 0.326 e. The zero-order valence-corrected chi connectivity index (χ0v) is 47.4. The Morgan fingerprint density at radius 1 is 0.622 bits per heavy atom. The van der Waals surface area contributed by atoms with Gasteiger partial charge >= 0.3 is 5.97 Å². The Bertz CT molecular complexity index is 2880. The second-order valence-corrected chi connectivity index (χ2v) is 21.6. The Labute approximate surface area is 477 Å². The molecule has 0 bridgehead atoms. The van der Waals surface area contributed by atoms with Gasteiger partial charge in [-0.2, -0.15) is 0 Å². The predicted molar refractivity (Wildman–Crippen MR) is 313 cm³/mol. The van der Waals surface area contributed by atoms with Crippen molar-refractivity contribution in [1.29, 1.82) is 0 Å². The molecule has 26 nitrogen and oxygen atoms in total. The molecule has 7 amide bonds. The number of H-pyrrole nitrogens is 2. The van der Waals surface area contributed by atoms with E-state index in [-0.39, 0.29) is 88.8 Å². The molecule has 2 aromatic carbocycles. The number of carboxylic acids is 1. The number of nitrogens with one attached hydrogen (secondary N) is 8. The van der Waals surface area contributed by atoms with Crippen molar-refractivity contribution in [2.75, 3.05) is 26.2 Å². The molecule has 1 fully saturated rings. The molecule has 8 atom stereocenters. The summed E-state index contributed by atoms with van der Waals surface area (Å²) in [5.41, 5.74) is 36.9. The molecule has 0 saturated carbocycles. The molecule has 82 heavy (non-hydrogen) atoms. The van der Waals surface area contributed by atoms with Crippen molar-refractivity contribution in [3.63, 3.8) is 0 Å². The fourth-order valence-electron chi connectivity index (χ4n) is 10.0. The molecule has 448 valence electrons. The summed E-state index contributed by atoms with van der Waals surface area (Å²) in [4.78, 5) is 129. The zero-order valence-electron chi connectivity index (χ0n) is 47.4. The number of benzene rings is 2. The van der Waals surface area contributed by atoms with Gasteiger partial charge in [0.2, 0.25) is 41.4 Å². The standard InChI is InChI=1S/C56H85N17O9/c1-31(2)26-37(58)47(74)67-41(20-12-24-64-56(61)62)49(76)72-46(32(3)4)52(79)68-40(19-11-23-63-55(59)60)48(75)70-43(27-33-29-65-38-16-7-5-14-35(33)38)50(77)71-44(28-34-30-66-39-17-8-6-15-36(34)39)53(80)73-25-13-21-45(73)51(78)69-42(54(81)82)18-9-10-22-57/h5-8,14-17,29-32,37,40-46,65-66H,9-13,18-28,57-58H2,1-4H3,(H,67,74)(H,68,79)(H,69,78)(H,70,75)(H,71,77)(H,72,76)(H,81,82)(H4,59,60,63)(H4,61,62,64)/t37-,40-,41-,42-,43-,44-,45-,46-/m0/s1. The van der Waals surface area contributed by atoms with E-state index in [9.17, 15) is 33.9 Å². The van der Waals surface area contributed by atoms with E-state index in [2.05, 4.69) is 51.9 Å². The number of nitrogens with zero attached hydrogens (tertiary/aromatic N) is 3. The summed E-state index contributed by atoms with van der Waals surface area (Å²) >= 11 is 0. The second-order valence-electron chi connectivity index (χ2n) is 21.6. The maximum atomic E-state index is 15.2. The number of hydrogen-bond donors (Lipinski definition) is 15. The average molecular weight is 1140 g/mol. The summed E-state index contributed by atoms with van der Waals surface area (Å²) in [5.74, 6) is -6.92. The molecule has 1 saturated heterocycles. The van der Waals surface area contributed by atoms with Crippen molar-refractivity contribution < 1.29 is 43.5 Å². The Balaban J connectivity index is 1.47. The highest BCUT2D eigenvalue weighted by atomic mass is 16.4. The molecule has 1 aliphatic rings. The van der Waals surface area contributed by atoms with Gasteiger partial charge in [-0.1, -0.05) is 64.1 Å². The molecule has 2 aromatic heterocycles. The lowest BCUT2D eigenvalue weighted by Crippen LogP contribution is -2.61. The van der Waals surface area contributed by atoms with Crippen molar-refractivity contribution in [3.05, 3.63) is 72.1 Å². The minimum Gasteiger partial charge on any atom is -0.480 e. The number of hydrogen-bond acceptors (Lipinski definition) is 12. The molecule has 0 spiro atoms. The van der Waals surface area contributed by atoms with Gasteiger partial charge < -0.3 is 86.3 Å². The van der Waals surface area contributed by atoms with E-state index in [0.717, 1.165) is 21.8 Å². The van der Waals surface area contributed by atoms with Crippen LogP contribution in [0.15, 0.2) is 70.9 Å². The molecule has 0 radical (unpaired) electrons. The van der Waals surface area contributed by atoms with E-state index >= 15 is 9.59 Å². The third-order valence-electron chi connectivity index (χ3n) is 14.3. The van der Waals surface area contributed by atoms with E-state index in [1.807, 2.05) is 62.4 Å². The molecule has 1 aliphatic heterocycles. The van der Waals surface area contributed by atoms with Gasteiger partial charge in [-0.3, -0.25) is 43.5 Å². The lowest BCUT2D eigenvalue weighted by molar-refractivity contribution is -0.145. The normalized spacial score (nSPS) is 15.8. The number of para-hydroxylation sites is 2. The number of guanidine groups is 2. The van der Waals surface area contributed by atoms with Gasteiger partial charge in [0.05, 0.1) is 6.04 Å². The number of amides is 7. The summed E-state index contributed by atoms with van der Waals surface area (Å²) in [7, 11) is 0. The topological polar surface area (TPSA) is 445 Å². The van der Waals surface area contributed by atoms with Crippen molar-refractivity contribution in [2.24, 2.45) is 56.2 Å². The average Bonchev–Trinajstić information content (AvgIpc) is 4.29. The molecule has 0 unspecified atom stereocenters. The van der Waals surface area contributed by atoms with Crippen LogP contribution >= 0.6 is 0 Å². The van der Waals surface area contributed by atoms with Crippen LogP contribution in [-0.4, -0.2) is 154 Å². The second kappa shape index (κ2) is 31.7. The van der Waals surface area contributed by atoms with Crippen LogP contribution in [0.25, 0.3) is 21.8 Å². The maximum Gasteiger partial charge on any atom is 0.326 e. The molecule has 3 heterocycles. The fourth-order valence-corrected chi connectivity index (χ4v) is 10.0. The van der Waals surface area contributed by atoms with Crippen LogP contribution in [0.3, 0.4) is 0 Å². The number of aliphatic imine (C=N–C) groups is 2. The first-order valence-electron chi connectivity index (χ1n) is 28.1. The van der Waals surface area contributed by atoms with Gasteiger partial charge in [-0.05, 0) is 106 Å². The molecule has 5 rings (SSSR count). The predicted octanol–water partition coefficient (Wildman–Crippen LogP) is -0.316. The molecule has 4 aromatic rings. The highest BCUT2D eigenvalue weighted by molar-refractivity contribution is 5.99. The number of unbranched alkanes of at least 4 members (excludes halogenated alkanes) is 1. The van der Waals surface area contributed by atoms with E-state index in [1.54, 1.807) is 26.2 Å². The van der Waals surface area contributed by atoms with Crippen molar-refractivity contribution in [2.45, 2.75) is 153 Å². The van der Waals surface area contributed by atoms with E-state index in [1.165, 1.54) is 4.90 Å². The Hall–Kier alpha value is -8.26.